The van der Waals surface area contributed by atoms with E-state index >= 15 is 0 Å². The highest BCUT2D eigenvalue weighted by atomic mass is 79.9. The van der Waals surface area contributed by atoms with Gasteiger partial charge in [-0.2, -0.15) is 0 Å². The van der Waals surface area contributed by atoms with Crippen LogP contribution in [0.5, 0.6) is 0 Å². The Morgan fingerprint density at radius 1 is 1.03 bits per heavy atom. The molecule has 1 aliphatic heterocycles. The Labute approximate surface area is 176 Å². The molecule has 1 unspecified atom stereocenters. The first-order valence-electron chi connectivity index (χ1n) is 9.46. The van der Waals surface area contributed by atoms with Crippen LogP contribution in [0.2, 0.25) is 0 Å². The van der Waals surface area contributed by atoms with E-state index in [4.69, 9.17) is 0 Å². The molecule has 0 N–H and O–H groups in total. The summed E-state index contributed by atoms with van der Waals surface area (Å²) in [5.74, 6) is -2.13. The molecule has 1 heterocycles. The highest BCUT2D eigenvalue weighted by Crippen LogP contribution is 2.49. The van der Waals surface area contributed by atoms with Gasteiger partial charge in [-0.15, -0.1) is 0 Å². The van der Waals surface area contributed by atoms with E-state index in [1.54, 1.807) is 24.3 Å². The molecule has 1 aliphatic carbocycles. The highest BCUT2D eigenvalue weighted by molar-refractivity contribution is 9.10. The van der Waals surface area contributed by atoms with E-state index in [2.05, 4.69) is 15.9 Å². The molecule has 4 rings (SSSR count). The van der Waals surface area contributed by atoms with Crippen molar-refractivity contribution < 1.29 is 18.4 Å². The Hall–Kier alpha value is -2.34. The van der Waals surface area contributed by atoms with Crippen LogP contribution in [-0.4, -0.2) is 11.7 Å². The van der Waals surface area contributed by atoms with Crippen molar-refractivity contribution in [2.45, 2.75) is 39.0 Å². The molecule has 6 heteroatoms. The van der Waals surface area contributed by atoms with Gasteiger partial charge >= 0.3 is 0 Å². The number of benzene rings is 2. The average Bonchev–Trinajstić information content (AvgIpc) is 2.63. The van der Waals surface area contributed by atoms with Crippen LogP contribution in [0, 0.1) is 17.0 Å². The number of Topliss-reactive ketones (excluding diaryl/α,β-unsaturated/α-hetero) is 1. The van der Waals surface area contributed by atoms with Crippen molar-refractivity contribution in [1.82, 2.24) is 0 Å². The predicted molar refractivity (Wildman–Crippen MR) is 110 cm³/mol. The van der Waals surface area contributed by atoms with E-state index in [9.17, 15) is 18.4 Å². The number of para-hydroxylation sites is 1. The maximum absolute atomic E-state index is 14.7. The lowest BCUT2D eigenvalue weighted by molar-refractivity contribution is -0.121. The van der Waals surface area contributed by atoms with Crippen molar-refractivity contribution in [3.8, 4) is 0 Å². The van der Waals surface area contributed by atoms with Crippen LogP contribution in [0.15, 0.2) is 58.2 Å². The van der Waals surface area contributed by atoms with Gasteiger partial charge in [-0.25, -0.2) is 8.78 Å². The number of anilines is 1. The smallest absolute Gasteiger partial charge is 0.232 e. The van der Waals surface area contributed by atoms with Crippen molar-refractivity contribution in [2.24, 2.45) is 5.41 Å². The zero-order chi connectivity index (χ0) is 20.9. The van der Waals surface area contributed by atoms with E-state index in [1.165, 1.54) is 23.1 Å². The number of hydrogen-bond donors (Lipinski definition) is 0. The van der Waals surface area contributed by atoms with Gasteiger partial charge in [0.05, 0.1) is 5.69 Å². The quantitative estimate of drug-likeness (QED) is 0.561. The molecule has 0 saturated carbocycles. The normalized spacial score (nSPS) is 21.4. The maximum Gasteiger partial charge on any atom is 0.232 e. The minimum Gasteiger partial charge on any atom is -0.294 e. The Morgan fingerprint density at radius 3 is 2.48 bits per heavy atom. The third-order valence-electron chi connectivity index (χ3n) is 5.57. The number of carbonyl (C=O) groups excluding carboxylic acids is 2. The zero-order valence-electron chi connectivity index (χ0n) is 16.1. The monoisotopic (exact) mass is 459 g/mol. The third kappa shape index (κ3) is 3.54. The lowest BCUT2D eigenvalue weighted by Crippen LogP contribution is -2.44. The number of allylic oxidation sites excluding steroid dienone is 2. The van der Waals surface area contributed by atoms with Crippen LogP contribution < -0.4 is 4.90 Å². The number of nitrogens with zero attached hydrogens (tertiary/aromatic N) is 1. The Morgan fingerprint density at radius 2 is 1.76 bits per heavy atom. The molecule has 29 heavy (non-hydrogen) atoms. The molecule has 0 fully saturated rings. The van der Waals surface area contributed by atoms with E-state index in [-0.39, 0.29) is 29.2 Å². The Bertz CT molecular complexity index is 1060. The van der Waals surface area contributed by atoms with Gasteiger partial charge in [0.2, 0.25) is 5.91 Å². The van der Waals surface area contributed by atoms with E-state index < -0.39 is 17.6 Å². The number of ketones is 1. The van der Waals surface area contributed by atoms with E-state index in [0.717, 1.165) is 0 Å². The fourth-order valence-corrected chi connectivity index (χ4v) is 4.75. The first-order chi connectivity index (χ1) is 13.7. The minimum absolute atomic E-state index is 0.0906. The number of halogens is 3. The summed E-state index contributed by atoms with van der Waals surface area (Å²) in [7, 11) is 0. The van der Waals surface area contributed by atoms with E-state index in [0.29, 0.717) is 34.1 Å². The summed E-state index contributed by atoms with van der Waals surface area (Å²) >= 11 is 3.34. The maximum atomic E-state index is 14.7. The number of amides is 1. The lowest BCUT2D eigenvalue weighted by Gasteiger charge is -2.43. The molecule has 1 amide bonds. The van der Waals surface area contributed by atoms with Gasteiger partial charge in [-0.05, 0) is 47.7 Å². The zero-order valence-corrected chi connectivity index (χ0v) is 17.7. The van der Waals surface area contributed by atoms with Crippen molar-refractivity contribution in [1.29, 1.82) is 0 Å². The summed E-state index contributed by atoms with van der Waals surface area (Å²) in [5.41, 5.74) is 0.962. The Balaban J connectivity index is 1.95. The van der Waals surface area contributed by atoms with E-state index in [1.807, 2.05) is 13.8 Å². The standard InChI is InChI=1S/C23H20BrF2NO2/c1-23(2)11-19-22(20(28)12-23)15(14-9-13(24)7-8-16(14)25)10-21(29)27(19)18-6-4-3-5-17(18)26/h3-9,15H,10-12H2,1-2H3. The minimum atomic E-state index is -0.679. The number of rotatable bonds is 2. The summed E-state index contributed by atoms with van der Waals surface area (Å²) < 4.78 is 29.9. The summed E-state index contributed by atoms with van der Waals surface area (Å²) in [6.45, 7) is 3.89. The fourth-order valence-electron chi connectivity index (χ4n) is 4.38. The first-order valence-corrected chi connectivity index (χ1v) is 10.3. The highest BCUT2D eigenvalue weighted by Gasteiger charge is 2.45. The SMILES string of the molecule is CC1(C)CC(=O)C2=C(C1)N(c1ccccc1F)C(=O)CC2c1cc(Br)ccc1F. The van der Waals surface area contributed by atoms with Crippen LogP contribution in [0.25, 0.3) is 0 Å². The Kier molecular flexibility index (Phi) is 4.93. The van der Waals surface area contributed by atoms with Crippen LogP contribution in [-0.2, 0) is 9.59 Å². The summed E-state index contributed by atoms with van der Waals surface area (Å²) in [6.07, 6.45) is 0.643. The molecule has 2 aromatic carbocycles. The van der Waals surface area contributed by atoms with Crippen LogP contribution in [0.4, 0.5) is 14.5 Å². The lowest BCUT2D eigenvalue weighted by atomic mass is 9.69. The molecular weight excluding hydrogens is 440 g/mol. The first kappa shape index (κ1) is 20.0. The van der Waals surface area contributed by atoms with Gasteiger partial charge in [-0.1, -0.05) is 41.9 Å². The molecule has 0 aromatic heterocycles. The summed E-state index contributed by atoms with van der Waals surface area (Å²) in [4.78, 5) is 27.7. The molecule has 150 valence electrons. The van der Waals surface area contributed by atoms with Gasteiger partial charge < -0.3 is 0 Å². The van der Waals surface area contributed by atoms with Crippen molar-refractivity contribution >= 4 is 33.3 Å². The summed E-state index contributed by atoms with van der Waals surface area (Å²) in [6, 6.07) is 10.5. The molecule has 0 saturated heterocycles. The molecule has 1 atom stereocenters. The molecule has 0 radical (unpaired) electrons. The topological polar surface area (TPSA) is 37.4 Å². The second-order valence-corrected chi connectivity index (χ2v) is 9.32. The van der Waals surface area contributed by atoms with Gasteiger partial charge in [0.25, 0.3) is 0 Å². The van der Waals surface area contributed by atoms with Crippen LogP contribution in [0.3, 0.4) is 0 Å². The average molecular weight is 460 g/mol. The largest absolute Gasteiger partial charge is 0.294 e. The fraction of sp³-hybridized carbons (Fsp3) is 0.304. The molecular formula is C23H20BrF2NO2. The number of hydrogen-bond acceptors (Lipinski definition) is 2. The molecule has 0 bridgehead atoms. The van der Waals surface area contributed by atoms with Crippen LogP contribution in [0.1, 0.15) is 44.6 Å². The third-order valence-corrected chi connectivity index (χ3v) is 6.06. The van der Waals surface area contributed by atoms with Gasteiger partial charge in [-0.3, -0.25) is 14.5 Å². The van der Waals surface area contributed by atoms with Crippen LogP contribution >= 0.6 is 15.9 Å². The van der Waals surface area contributed by atoms with Gasteiger partial charge in [0, 0.05) is 34.5 Å². The van der Waals surface area contributed by atoms with Crippen molar-refractivity contribution in [3.05, 3.63) is 75.4 Å². The summed E-state index contributed by atoms with van der Waals surface area (Å²) in [5, 5.41) is 0. The molecule has 3 nitrogen and oxygen atoms in total. The second-order valence-electron chi connectivity index (χ2n) is 8.40. The molecule has 2 aliphatic rings. The predicted octanol–water partition coefficient (Wildman–Crippen LogP) is 5.89. The van der Waals surface area contributed by atoms with Crippen molar-refractivity contribution in [3.63, 3.8) is 0 Å². The molecule has 0 spiro atoms. The van der Waals surface area contributed by atoms with Gasteiger partial charge in [0.15, 0.2) is 5.78 Å². The number of carbonyl (C=O) groups is 2. The van der Waals surface area contributed by atoms with Gasteiger partial charge in [0.1, 0.15) is 11.6 Å². The van der Waals surface area contributed by atoms with Crippen molar-refractivity contribution in [2.75, 3.05) is 4.90 Å². The molecule has 2 aromatic rings. The second kappa shape index (κ2) is 7.17.